The van der Waals surface area contributed by atoms with Gasteiger partial charge >= 0.3 is 11.9 Å². The molecule has 0 amide bonds. The maximum atomic E-state index is 12.6. The average molecular weight is 474 g/mol. The number of hydrogen-bond acceptors (Lipinski definition) is 6. The van der Waals surface area contributed by atoms with Crippen molar-refractivity contribution < 1.29 is 23.8 Å². The highest BCUT2D eigenvalue weighted by atomic mass is 16.6. The van der Waals surface area contributed by atoms with E-state index < -0.39 is 5.97 Å². The van der Waals surface area contributed by atoms with E-state index in [1.54, 1.807) is 0 Å². The zero-order valence-electron chi connectivity index (χ0n) is 20.4. The highest BCUT2D eigenvalue weighted by Crippen LogP contribution is 2.55. The smallest absolute Gasteiger partial charge is 0.344 e. The number of anilines is 2. The molecule has 35 heavy (non-hydrogen) atoms. The number of rotatable bonds is 8. The lowest BCUT2D eigenvalue weighted by Crippen LogP contribution is -2.37. The normalized spacial score (nSPS) is 26.1. The van der Waals surface area contributed by atoms with Gasteiger partial charge in [0.15, 0.2) is 6.61 Å². The molecule has 1 heterocycles. The Morgan fingerprint density at radius 1 is 1.14 bits per heavy atom. The predicted molar refractivity (Wildman–Crippen MR) is 133 cm³/mol. The molecule has 0 spiro atoms. The summed E-state index contributed by atoms with van der Waals surface area (Å²) in [6.07, 6.45) is 4.96. The number of allylic oxidation sites excluding steroid dienone is 2. The Morgan fingerprint density at radius 2 is 1.86 bits per heavy atom. The van der Waals surface area contributed by atoms with Gasteiger partial charge in [0.2, 0.25) is 0 Å². The standard InChI is InChI=1S/C29H31NO5/c1-5-9-19(4)30(21-10-7-6-8-11-21)22-12-17(2)26(18(3)13-22)33-16-25(31)34-27-20-14-23-24(15-20)29(32)35-28(23)27/h5-13,20,23-24,27-28H,4,14-16H2,1-3H3/b9-5-/t20?,23?,24-,27?,28?/m0/s1. The molecular weight excluding hydrogens is 442 g/mol. The maximum absolute atomic E-state index is 12.6. The lowest BCUT2D eigenvalue weighted by molar-refractivity contribution is -0.163. The number of fused-ring (bicyclic) bond motifs is 1. The number of nitrogens with zero attached hydrogens (tertiary/aromatic N) is 1. The van der Waals surface area contributed by atoms with E-state index in [1.807, 2.05) is 75.4 Å². The molecule has 2 aliphatic carbocycles. The summed E-state index contributed by atoms with van der Waals surface area (Å²) < 4.78 is 17.2. The summed E-state index contributed by atoms with van der Waals surface area (Å²) >= 11 is 0. The summed E-state index contributed by atoms with van der Waals surface area (Å²) in [5.74, 6) is 0.508. The summed E-state index contributed by atoms with van der Waals surface area (Å²) in [5, 5.41) is 0. The van der Waals surface area contributed by atoms with Gasteiger partial charge in [-0.25, -0.2) is 4.79 Å². The Hall–Kier alpha value is -3.54. The fourth-order valence-electron chi connectivity index (χ4n) is 5.99. The van der Waals surface area contributed by atoms with E-state index >= 15 is 0 Å². The van der Waals surface area contributed by atoms with Gasteiger partial charge in [-0.3, -0.25) is 4.79 Å². The van der Waals surface area contributed by atoms with Gasteiger partial charge in [0, 0.05) is 28.9 Å². The predicted octanol–water partition coefficient (Wildman–Crippen LogP) is 5.40. The van der Waals surface area contributed by atoms with E-state index in [4.69, 9.17) is 14.2 Å². The van der Waals surface area contributed by atoms with Gasteiger partial charge in [0.05, 0.1) is 5.92 Å². The van der Waals surface area contributed by atoms with Crippen molar-refractivity contribution in [3.8, 4) is 5.75 Å². The molecule has 6 heteroatoms. The minimum Gasteiger partial charge on any atom is -0.481 e. The van der Waals surface area contributed by atoms with Crippen molar-refractivity contribution in [2.75, 3.05) is 11.5 Å². The summed E-state index contributed by atoms with van der Waals surface area (Å²) in [4.78, 5) is 26.7. The Morgan fingerprint density at radius 3 is 2.54 bits per heavy atom. The third kappa shape index (κ3) is 4.22. The van der Waals surface area contributed by atoms with Crippen molar-refractivity contribution in [1.82, 2.24) is 0 Å². The largest absolute Gasteiger partial charge is 0.481 e. The molecule has 2 bridgehead atoms. The van der Waals surface area contributed by atoms with Crippen LogP contribution in [0.4, 0.5) is 11.4 Å². The number of benzene rings is 2. The summed E-state index contributed by atoms with van der Waals surface area (Å²) in [5.41, 5.74) is 4.63. The van der Waals surface area contributed by atoms with Gasteiger partial charge in [-0.05, 0) is 75.1 Å². The highest BCUT2D eigenvalue weighted by molar-refractivity contribution is 5.77. The van der Waals surface area contributed by atoms with E-state index in [9.17, 15) is 9.59 Å². The molecule has 2 aromatic carbocycles. The highest BCUT2D eigenvalue weighted by Gasteiger charge is 2.63. The zero-order valence-corrected chi connectivity index (χ0v) is 20.4. The second-order valence-corrected chi connectivity index (χ2v) is 9.72. The van der Waals surface area contributed by atoms with Crippen molar-refractivity contribution in [2.24, 2.45) is 17.8 Å². The monoisotopic (exact) mass is 473 g/mol. The first-order chi connectivity index (χ1) is 16.9. The Kier molecular flexibility index (Phi) is 6.13. The first-order valence-electron chi connectivity index (χ1n) is 12.2. The first kappa shape index (κ1) is 23.2. The maximum Gasteiger partial charge on any atom is 0.344 e. The second-order valence-electron chi connectivity index (χ2n) is 9.72. The SMILES string of the molecule is C=C(/C=C\C)N(c1ccccc1)c1cc(C)c(OCC(=O)OC2C3CC4C2OC(=O)[C@H]4C3)c(C)c1. The minimum atomic E-state index is -0.433. The molecule has 3 aliphatic rings. The van der Waals surface area contributed by atoms with Gasteiger partial charge in [-0.15, -0.1) is 0 Å². The van der Waals surface area contributed by atoms with Crippen molar-refractivity contribution >= 4 is 23.3 Å². The van der Waals surface area contributed by atoms with Gasteiger partial charge in [-0.1, -0.05) is 30.9 Å². The lowest BCUT2D eigenvalue weighted by atomic mass is 9.88. The molecule has 0 aromatic heterocycles. The topological polar surface area (TPSA) is 65.1 Å². The third-order valence-electron chi connectivity index (χ3n) is 7.38. The molecule has 2 aromatic rings. The van der Waals surface area contributed by atoms with Gasteiger partial charge < -0.3 is 19.1 Å². The molecule has 1 aliphatic heterocycles. The van der Waals surface area contributed by atoms with Crippen molar-refractivity contribution in [3.05, 3.63) is 78.0 Å². The van der Waals surface area contributed by atoms with E-state index in [0.29, 0.717) is 5.75 Å². The van der Waals surface area contributed by atoms with Crippen LogP contribution in [0.15, 0.2) is 66.9 Å². The molecule has 0 N–H and O–H groups in total. The number of ether oxygens (including phenoxy) is 3. The average Bonchev–Trinajstić information content (AvgIpc) is 3.45. The number of carbonyl (C=O) groups excluding carboxylic acids is 2. The zero-order chi connectivity index (χ0) is 24.7. The molecule has 5 rings (SSSR count). The molecule has 5 atom stereocenters. The molecule has 182 valence electrons. The van der Waals surface area contributed by atoms with Crippen LogP contribution in [0.5, 0.6) is 5.75 Å². The third-order valence-corrected chi connectivity index (χ3v) is 7.38. The fraction of sp³-hybridized carbons (Fsp3) is 0.379. The van der Waals surface area contributed by atoms with E-state index in [1.165, 1.54) is 0 Å². The second kappa shape index (κ2) is 9.25. The molecule has 4 unspecified atom stereocenters. The number of carbonyl (C=O) groups is 2. The van der Waals surface area contributed by atoms with Crippen LogP contribution in [0.25, 0.3) is 0 Å². The van der Waals surface area contributed by atoms with Crippen LogP contribution in [0, 0.1) is 31.6 Å². The van der Waals surface area contributed by atoms with Crippen molar-refractivity contribution in [2.45, 2.75) is 45.8 Å². The van der Waals surface area contributed by atoms with Crippen molar-refractivity contribution in [3.63, 3.8) is 0 Å². The minimum absolute atomic E-state index is 0.000587. The fourth-order valence-corrected chi connectivity index (χ4v) is 5.99. The number of esters is 2. The molecule has 0 radical (unpaired) electrons. The van der Waals surface area contributed by atoms with Crippen LogP contribution in [-0.2, 0) is 19.1 Å². The van der Waals surface area contributed by atoms with Gasteiger partial charge in [0.25, 0.3) is 0 Å². The quantitative estimate of drug-likeness (QED) is 0.378. The van der Waals surface area contributed by atoms with Crippen LogP contribution in [0.2, 0.25) is 0 Å². The molecule has 3 fully saturated rings. The Labute approximate surface area is 206 Å². The van der Waals surface area contributed by atoms with Crippen LogP contribution in [-0.4, -0.2) is 30.8 Å². The number of hydrogen-bond donors (Lipinski definition) is 0. The van der Waals surface area contributed by atoms with Gasteiger partial charge in [-0.2, -0.15) is 0 Å². The van der Waals surface area contributed by atoms with Crippen LogP contribution in [0.1, 0.15) is 30.9 Å². The van der Waals surface area contributed by atoms with Crippen LogP contribution < -0.4 is 9.64 Å². The van der Waals surface area contributed by atoms with Crippen LogP contribution >= 0.6 is 0 Å². The van der Waals surface area contributed by atoms with E-state index in [2.05, 4.69) is 11.5 Å². The molecule has 6 nitrogen and oxygen atoms in total. The van der Waals surface area contributed by atoms with E-state index in [-0.39, 0.29) is 42.5 Å². The lowest BCUT2D eigenvalue weighted by Gasteiger charge is -2.27. The summed E-state index contributed by atoms with van der Waals surface area (Å²) in [6, 6.07) is 14.1. The van der Waals surface area contributed by atoms with Gasteiger partial charge in [0.1, 0.15) is 18.0 Å². The molecule has 1 saturated heterocycles. The molecular formula is C29H31NO5. The molecule has 2 saturated carbocycles. The Bertz CT molecular complexity index is 1160. The van der Waals surface area contributed by atoms with Crippen LogP contribution in [0.3, 0.4) is 0 Å². The number of aryl methyl sites for hydroxylation is 2. The number of para-hydroxylation sites is 1. The summed E-state index contributed by atoms with van der Waals surface area (Å²) in [7, 11) is 0. The van der Waals surface area contributed by atoms with Crippen molar-refractivity contribution in [1.29, 1.82) is 0 Å². The first-order valence-corrected chi connectivity index (χ1v) is 12.2. The Balaban J connectivity index is 1.28. The summed E-state index contributed by atoms with van der Waals surface area (Å²) in [6.45, 7) is 9.95. The van der Waals surface area contributed by atoms with E-state index in [0.717, 1.165) is 41.0 Å².